The minimum atomic E-state index is -1.55. The van der Waals surface area contributed by atoms with Gasteiger partial charge >= 0.3 is 12.1 Å². The zero-order valence-corrected chi connectivity index (χ0v) is 47.2. The molecule has 3 aliphatic rings. The molecule has 83 heavy (non-hydrogen) atoms. The summed E-state index contributed by atoms with van der Waals surface area (Å²) in [7, 11) is 0. The van der Waals surface area contributed by atoms with Gasteiger partial charge in [-0.25, -0.2) is 9.59 Å². The molecule has 0 bridgehead atoms. The highest BCUT2D eigenvalue weighted by molar-refractivity contribution is 6.31. The Morgan fingerprint density at radius 3 is 1.80 bits per heavy atom. The number of nitrogens with one attached hydrogen (secondary N) is 5. The normalized spacial score (nSPS) is 17.6. The van der Waals surface area contributed by atoms with E-state index in [0.717, 1.165) is 40.7 Å². The van der Waals surface area contributed by atoms with Crippen LogP contribution in [0.3, 0.4) is 0 Å². The van der Waals surface area contributed by atoms with Crippen LogP contribution in [-0.2, 0) is 51.9 Å². The molecular formula is C68H68ClN5O9. The first-order valence-electron chi connectivity index (χ1n) is 28.5. The van der Waals surface area contributed by atoms with Gasteiger partial charge in [0.15, 0.2) is 5.60 Å². The molecule has 7 aromatic carbocycles. The van der Waals surface area contributed by atoms with Gasteiger partial charge in [-0.1, -0.05) is 202 Å². The summed E-state index contributed by atoms with van der Waals surface area (Å²) in [6.07, 6.45) is 4.04. The molecular weight excluding hydrogens is 1070 g/mol. The third-order valence-corrected chi connectivity index (χ3v) is 16.8. The van der Waals surface area contributed by atoms with Crippen LogP contribution in [0.15, 0.2) is 182 Å². The van der Waals surface area contributed by atoms with Gasteiger partial charge in [-0.15, -0.1) is 0 Å². The number of esters is 1. The summed E-state index contributed by atoms with van der Waals surface area (Å²) in [5.41, 5.74) is 5.56. The average Bonchev–Trinajstić information content (AvgIpc) is 2.29. The third kappa shape index (κ3) is 13.0. The Labute approximate surface area is 488 Å². The van der Waals surface area contributed by atoms with Gasteiger partial charge in [0.05, 0.1) is 13.1 Å². The van der Waals surface area contributed by atoms with Crippen LogP contribution in [0.25, 0.3) is 11.1 Å². The number of halogens is 1. The molecule has 3 aliphatic carbocycles. The third-order valence-electron chi connectivity index (χ3n) is 16.5. The molecule has 0 radical (unpaired) electrons. The van der Waals surface area contributed by atoms with Crippen LogP contribution in [0.4, 0.5) is 4.79 Å². The highest BCUT2D eigenvalue weighted by Crippen LogP contribution is 2.53. The quantitative estimate of drug-likeness (QED) is 0.0282. The van der Waals surface area contributed by atoms with Crippen molar-refractivity contribution in [1.82, 2.24) is 26.6 Å². The molecule has 10 rings (SSSR count). The Morgan fingerprint density at radius 1 is 0.614 bits per heavy atom. The van der Waals surface area contributed by atoms with E-state index < -0.39 is 72.0 Å². The maximum absolute atomic E-state index is 15.5. The van der Waals surface area contributed by atoms with Crippen molar-refractivity contribution >= 4 is 47.3 Å². The molecule has 2 fully saturated rings. The largest absolute Gasteiger partial charge is 0.508 e. The number of fused-ring (bicyclic) bond motifs is 3. The van der Waals surface area contributed by atoms with Crippen LogP contribution in [-0.4, -0.2) is 78.1 Å². The summed E-state index contributed by atoms with van der Waals surface area (Å²) in [4.78, 5) is 84.8. The molecule has 0 aromatic heterocycles. The number of hydrogen-bond acceptors (Lipinski definition) is 9. The number of ether oxygens (including phenoxy) is 2. The van der Waals surface area contributed by atoms with E-state index in [0.29, 0.717) is 33.2 Å². The number of rotatable bonds is 22. The molecule has 2 saturated carbocycles. The molecule has 5 atom stereocenters. The van der Waals surface area contributed by atoms with Crippen LogP contribution in [0, 0.1) is 11.8 Å². The molecule has 14 nitrogen and oxygen atoms in total. The van der Waals surface area contributed by atoms with Crippen molar-refractivity contribution in [2.75, 3.05) is 19.7 Å². The Kier molecular flexibility index (Phi) is 17.7. The van der Waals surface area contributed by atoms with E-state index in [4.69, 9.17) is 21.1 Å². The summed E-state index contributed by atoms with van der Waals surface area (Å²) >= 11 is 7.10. The van der Waals surface area contributed by atoms with Gasteiger partial charge in [0.2, 0.25) is 23.6 Å². The molecule has 0 saturated heterocycles. The molecule has 426 valence electrons. The fourth-order valence-electron chi connectivity index (χ4n) is 12.1. The Bertz CT molecular complexity index is 3420. The van der Waals surface area contributed by atoms with Crippen molar-refractivity contribution < 1.29 is 43.3 Å². The van der Waals surface area contributed by atoms with Crippen LogP contribution < -0.4 is 26.6 Å². The molecule has 5 amide bonds. The van der Waals surface area contributed by atoms with Gasteiger partial charge in [0, 0.05) is 40.5 Å². The lowest BCUT2D eigenvalue weighted by Gasteiger charge is -2.38. The fourth-order valence-corrected chi connectivity index (χ4v) is 12.3. The molecule has 6 N–H and O–H groups in total. The summed E-state index contributed by atoms with van der Waals surface area (Å²) in [5.74, 6) is -3.59. The minimum absolute atomic E-state index is 0.00703. The van der Waals surface area contributed by atoms with E-state index in [-0.39, 0.29) is 49.4 Å². The number of alkyl carbamates (subject to hydrolysis) is 1. The van der Waals surface area contributed by atoms with Gasteiger partial charge in [0.25, 0.3) is 0 Å². The number of phenolic OH excluding ortho intramolecular Hbond substituents is 1. The second-order valence-corrected chi connectivity index (χ2v) is 22.6. The van der Waals surface area contributed by atoms with Crippen LogP contribution in [0.5, 0.6) is 5.75 Å². The SMILES string of the molecule is CC(C)[C@H]1CC1(NC(=O)[C@@H](Cc1ccccc1)NC(=O)CNC(=O)CNC(=O)[C@H](Cc1ccc(O)cc1)NC(=O)OCC1c2ccccc2-c2ccccc21)C(=O)OC(c1ccccc1)(c1ccc(C2CCCC2)cc1)c1ccccc1Cl. The zero-order chi connectivity index (χ0) is 58.1. The maximum atomic E-state index is 15.5. The topological polar surface area (TPSA) is 201 Å². The number of benzene rings is 7. The molecule has 2 unspecified atom stereocenters. The summed E-state index contributed by atoms with van der Waals surface area (Å²) < 4.78 is 12.8. The number of amides is 5. The lowest BCUT2D eigenvalue weighted by atomic mass is 9.79. The number of carbonyl (C=O) groups excluding carboxylic acids is 6. The number of carbonyl (C=O) groups is 6. The number of aromatic hydroxyl groups is 1. The number of hydrogen-bond donors (Lipinski definition) is 6. The van der Waals surface area contributed by atoms with Crippen molar-refractivity contribution in [2.45, 2.75) is 93.9 Å². The summed E-state index contributed by atoms with van der Waals surface area (Å²) in [6, 6.07) is 53.7. The van der Waals surface area contributed by atoms with Gasteiger partial charge in [-0.05, 0) is 94.2 Å². The lowest BCUT2D eigenvalue weighted by Crippen LogP contribution is -2.57. The van der Waals surface area contributed by atoms with E-state index in [1.807, 2.05) is 153 Å². The number of phenols is 1. The van der Waals surface area contributed by atoms with E-state index in [1.54, 1.807) is 18.2 Å². The molecule has 7 aromatic rings. The van der Waals surface area contributed by atoms with Gasteiger partial charge in [0.1, 0.15) is 30.0 Å². The minimum Gasteiger partial charge on any atom is -0.508 e. The van der Waals surface area contributed by atoms with Gasteiger partial charge in [-0.3, -0.25) is 19.2 Å². The average molecular weight is 1130 g/mol. The predicted molar refractivity (Wildman–Crippen MR) is 317 cm³/mol. The van der Waals surface area contributed by atoms with E-state index >= 15 is 4.79 Å². The molecule has 0 heterocycles. The Morgan fingerprint density at radius 2 is 1.17 bits per heavy atom. The lowest BCUT2D eigenvalue weighted by molar-refractivity contribution is -0.159. The van der Waals surface area contributed by atoms with Crippen LogP contribution in [0.2, 0.25) is 5.02 Å². The van der Waals surface area contributed by atoms with Crippen molar-refractivity contribution in [1.29, 1.82) is 0 Å². The highest BCUT2D eigenvalue weighted by Gasteiger charge is 2.65. The molecule has 15 heteroatoms. The van der Waals surface area contributed by atoms with E-state index in [2.05, 4.69) is 38.7 Å². The maximum Gasteiger partial charge on any atom is 0.407 e. The van der Waals surface area contributed by atoms with Crippen LogP contribution in [0.1, 0.15) is 102 Å². The first-order valence-corrected chi connectivity index (χ1v) is 28.8. The predicted octanol–water partition coefficient (Wildman–Crippen LogP) is 10.2. The highest BCUT2D eigenvalue weighted by atomic mass is 35.5. The zero-order valence-electron chi connectivity index (χ0n) is 46.4. The Hall–Kier alpha value is -8.75. The second kappa shape index (κ2) is 25.6. The monoisotopic (exact) mass is 1130 g/mol. The second-order valence-electron chi connectivity index (χ2n) is 22.2. The van der Waals surface area contributed by atoms with Crippen molar-refractivity contribution in [3.05, 3.63) is 232 Å². The summed E-state index contributed by atoms with van der Waals surface area (Å²) in [6.45, 7) is 2.84. The first kappa shape index (κ1) is 57.5. The summed E-state index contributed by atoms with van der Waals surface area (Å²) in [5, 5.41) is 23.9. The first-order chi connectivity index (χ1) is 40.2. The van der Waals surface area contributed by atoms with E-state index in [9.17, 15) is 29.1 Å². The van der Waals surface area contributed by atoms with Gasteiger partial charge in [-0.2, -0.15) is 0 Å². The smallest absolute Gasteiger partial charge is 0.407 e. The van der Waals surface area contributed by atoms with E-state index in [1.165, 1.54) is 30.5 Å². The molecule has 0 aliphatic heterocycles. The van der Waals surface area contributed by atoms with Crippen molar-refractivity contribution in [3.63, 3.8) is 0 Å². The van der Waals surface area contributed by atoms with Crippen LogP contribution >= 0.6 is 11.6 Å². The van der Waals surface area contributed by atoms with Crippen molar-refractivity contribution in [2.24, 2.45) is 11.8 Å². The fraction of sp³-hybridized carbons (Fsp3) is 0.294. The van der Waals surface area contributed by atoms with Crippen molar-refractivity contribution in [3.8, 4) is 16.9 Å². The standard InChI is InChI=1S/C68H68ClN5O9/c1-43(2)57-39-67(57,65(80)83-68(48-21-7-4-8-22-48,56-27-15-16-28-58(56)69)49-33-31-47(32-34-49)46-19-9-10-20-46)74-64(79)60(37-44-17-5-3-6-18-44)72-62(77)41-70-61(76)40-71-63(78)59(38-45-29-35-50(75)36-30-45)73-66(81)82-42-55-53-25-13-11-23-51(53)52-24-12-14-26-54(52)55/h3-8,11-18,21-36,43,46,55,57,59-60,75H,9-10,19-20,37-42H2,1-2H3,(H,70,76)(H,71,78)(H,72,77)(H,73,81)(H,74,79)/t57-,59+,60-,67?,68?/m1/s1. The Balaban J connectivity index is 0.817. The molecule has 0 spiro atoms. The van der Waals surface area contributed by atoms with Gasteiger partial charge < -0.3 is 41.2 Å².